The van der Waals surface area contributed by atoms with Gasteiger partial charge >= 0.3 is 0 Å². The first kappa shape index (κ1) is 18.4. The number of aromatic nitrogens is 3. The van der Waals surface area contributed by atoms with Crippen molar-refractivity contribution in [2.45, 2.75) is 39.9 Å². The standard InChI is InChI=1S/C17H25N5OS/c1-12-6-8-13(9-7-12)15-18-16(24)22(20-15)11-21(5)10-14(23)19-17(2,3)4/h6-9H,10-11H2,1-5H3,(H,19,23)(H,18,20,24). The number of rotatable bonds is 5. The van der Waals surface area contributed by atoms with Crippen molar-refractivity contribution in [1.29, 1.82) is 0 Å². The van der Waals surface area contributed by atoms with Crippen LogP contribution in [0.4, 0.5) is 0 Å². The predicted molar refractivity (Wildman–Crippen MR) is 98.1 cm³/mol. The van der Waals surface area contributed by atoms with Gasteiger partial charge in [-0.2, -0.15) is 4.98 Å². The Morgan fingerprint density at radius 2 is 1.96 bits per heavy atom. The number of aromatic amines is 1. The Hall–Kier alpha value is -1.99. The molecule has 0 unspecified atom stereocenters. The molecular weight excluding hydrogens is 322 g/mol. The monoisotopic (exact) mass is 347 g/mol. The zero-order valence-corrected chi connectivity index (χ0v) is 15.7. The highest BCUT2D eigenvalue weighted by Crippen LogP contribution is 2.15. The summed E-state index contributed by atoms with van der Waals surface area (Å²) in [6.45, 7) is 8.69. The number of H-pyrrole nitrogens is 1. The number of hydrogen-bond acceptors (Lipinski definition) is 4. The molecule has 0 saturated carbocycles. The molecule has 6 nitrogen and oxygen atoms in total. The van der Waals surface area contributed by atoms with Gasteiger partial charge in [0.25, 0.3) is 0 Å². The molecule has 1 aromatic heterocycles. The molecule has 0 aliphatic heterocycles. The van der Waals surface area contributed by atoms with E-state index in [1.165, 1.54) is 5.56 Å². The number of benzene rings is 1. The van der Waals surface area contributed by atoms with E-state index in [0.717, 1.165) is 11.4 Å². The van der Waals surface area contributed by atoms with Crippen molar-refractivity contribution in [3.05, 3.63) is 34.6 Å². The zero-order valence-electron chi connectivity index (χ0n) is 14.9. The molecule has 7 heteroatoms. The first-order chi connectivity index (χ1) is 11.1. The van der Waals surface area contributed by atoms with Crippen molar-refractivity contribution in [3.8, 4) is 11.4 Å². The van der Waals surface area contributed by atoms with Gasteiger partial charge in [-0.05, 0) is 47.0 Å². The molecule has 0 atom stereocenters. The SMILES string of the molecule is Cc1ccc(-c2nc(=S)n(CN(C)CC(=O)NC(C)(C)C)[nH]2)cc1. The summed E-state index contributed by atoms with van der Waals surface area (Å²) in [6, 6.07) is 8.09. The Morgan fingerprint density at radius 3 is 2.54 bits per heavy atom. The van der Waals surface area contributed by atoms with Gasteiger partial charge in [0, 0.05) is 11.1 Å². The summed E-state index contributed by atoms with van der Waals surface area (Å²) in [4.78, 5) is 18.3. The van der Waals surface area contributed by atoms with E-state index in [2.05, 4.69) is 15.4 Å². The molecule has 0 bridgehead atoms. The molecule has 2 N–H and O–H groups in total. The van der Waals surface area contributed by atoms with E-state index in [9.17, 15) is 4.79 Å². The fourth-order valence-electron chi connectivity index (χ4n) is 2.29. The molecule has 2 rings (SSSR count). The fraction of sp³-hybridized carbons (Fsp3) is 0.471. The Bertz CT molecular complexity index is 755. The molecular formula is C17H25N5OS. The van der Waals surface area contributed by atoms with Crippen LogP contribution < -0.4 is 5.32 Å². The number of hydrogen-bond donors (Lipinski definition) is 2. The van der Waals surface area contributed by atoms with Gasteiger partial charge in [-0.25, -0.2) is 4.68 Å². The lowest BCUT2D eigenvalue weighted by Gasteiger charge is -2.23. The average Bonchev–Trinajstić information content (AvgIpc) is 2.78. The molecule has 2 aromatic rings. The van der Waals surface area contributed by atoms with Crippen LogP contribution in [-0.4, -0.2) is 44.7 Å². The average molecular weight is 347 g/mol. The lowest BCUT2D eigenvalue weighted by Crippen LogP contribution is -2.45. The third-order valence-electron chi connectivity index (χ3n) is 3.32. The number of carbonyl (C=O) groups is 1. The van der Waals surface area contributed by atoms with Crippen LogP contribution in [0.15, 0.2) is 24.3 Å². The van der Waals surface area contributed by atoms with Crippen molar-refractivity contribution >= 4 is 18.1 Å². The normalized spacial score (nSPS) is 11.8. The minimum atomic E-state index is -0.235. The smallest absolute Gasteiger partial charge is 0.234 e. The van der Waals surface area contributed by atoms with E-state index in [4.69, 9.17) is 12.2 Å². The second kappa shape index (κ2) is 7.27. The Balaban J connectivity index is 2.04. The van der Waals surface area contributed by atoms with Gasteiger partial charge in [-0.1, -0.05) is 29.8 Å². The second-order valence-electron chi connectivity index (χ2n) is 7.10. The molecule has 0 radical (unpaired) electrons. The third-order valence-corrected chi connectivity index (χ3v) is 3.63. The molecule has 0 saturated heterocycles. The van der Waals surface area contributed by atoms with Crippen LogP contribution in [0.5, 0.6) is 0 Å². The van der Waals surface area contributed by atoms with Crippen molar-refractivity contribution in [3.63, 3.8) is 0 Å². The van der Waals surface area contributed by atoms with E-state index in [1.54, 1.807) is 4.68 Å². The first-order valence-electron chi connectivity index (χ1n) is 7.87. The molecule has 24 heavy (non-hydrogen) atoms. The first-order valence-corrected chi connectivity index (χ1v) is 8.28. The number of amides is 1. The highest BCUT2D eigenvalue weighted by molar-refractivity contribution is 7.71. The Kier molecular flexibility index (Phi) is 5.56. The number of nitrogens with one attached hydrogen (secondary N) is 2. The van der Waals surface area contributed by atoms with Crippen molar-refractivity contribution in [2.75, 3.05) is 13.6 Å². The second-order valence-corrected chi connectivity index (χ2v) is 7.47. The maximum Gasteiger partial charge on any atom is 0.234 e. The molecule has 1 aromatic carbocycles. The number of carbonyl (C=O) groups excluding carboxylic acids is 1. The summed E-state index contributed by atoms with van der Waals surface area (Å²) >= 11 is 5.31. The van der Waals surface area contributed by atoms with Crippen LogP contribution in [0.2, 0.25) is 0 Å². The van der Waals surface area contributed by atoms with Gasteiger partial charge in [0.05, 0.1) is 13.2 Å². The van der Waals surface area contributed by atoms with E-state index in [0.29, 0.717) is 11.4 Å². The van der Waals surface area contributed by atoms with Crippen LogP contribution in [-0.2, 0) is 11.5 Å². The fourth-order valence-corrected chi connectivity index (χ4v) is 2.48. The molecule has 0 aliphatic rings. The summed E-state index contributed by atoms with van der Waals surface area (Å²) in [6.07, 6.45) is 0. The maximum absolute atomic E-state index is 12.0. The predicted octanol–water partition coefficient (Wildman–Crippen LogP) is 2.72. The largest absolute Gasteiger partial charge is 0.350 e. The zero-order chi connectivity index (χ0) is 17.9. The van der Waals surface area contributed by atoms with E-state index >= 15 is 0 Å². The minimum absolute atomic E-state index is 0.0187. The van der Waals surface area contributed by atoms with Gasteiger partial charge in [0.2, 0.25) is 10.7 Å². The number of aryl methyl sites for hydroxylation is 1. The summed E-state index contributed by atoms with van der Waals surface area (Å²) < 4.78 is 2.23. The lowest BCUT2D eigenvalue weighted by atomic mass is 10.1. The molecule has 0 spiro atoms. The van der Waals surface area contributed by atoms with Crippen molar-refractivity contribution < 1.29 is 4.79 Å². The lowest BCUT2D eigenvalue weighted by molar-refractivity contribution is -0.123. The van der Waals surface area contributed by atoms with E-state index < -0.39 is 0 Å². The molecule has 1 heterocycles. The summed E-state index contributed by atoms with van der Waals surface area (Å²) in [7, 11) is 1.87. The topological polar surface area (TPSA) is 66.0 Å². The van der Waals surface area contributed by atoms with Crippen LogP contribution in [0.3, 0.4) is 0 Å². The molecule has 130 valence electrons. The van der Waals surface area contributed by atoms with Crippen LogP contribution in [0.1, 0.15) is 26.3 Å². The third kappa shape index (κ3) is 5.28. The van der Waals surface area contributed by atoms with Crippen molar-refractivity contribution in [2.24, 2.45) is 0 Å². The van der Waals surface area contributed by atoms with E-state index in [1.807, 2.05) is 63.9 Å². The Labute approximate surface area is 147 Å². The highest BCUT2D eigenvalue weighted by atomic mass is 32.1. The van der Waals surface area contributed by atoms with Gasteiger partial charge in [0.15, 0.2) is 5.82 Å². The minimum Gasteiger partial charge on any atom is -0.350 e. The van der Waals surface area contributed by atoms with Gasteiger partial charge in [-0.15, -0.1) is 0 Å². The van der Waals surface area contributed by atoms with Gasteiger partial charge in [0.1, 0.15) is 0 Å². The quantitative estimate of drug-likeness (QED) is 0.816. The molecule has 0 aliphatic carbocycles. The molecule has 1 amide bonds. The van der Waals surface area contributed by atoms with Gasteiger partial charge in [-0.3, -0.25) is 14.8 Å². The summed E-state index contributed by atoms with van der Waals surface area (Å²) in [5.41, 5.74) is 1.95. The van der Waals surface area contributed by atoms with E-state index in [-0.39, 0.29) is 18.0 Å². The van der Waals surface area contributed by atoms with Crippen LogP contribution in [0, 0.1) is 11.7 Å². The van der Waals surface area contributed by atoms with Crippen LogP contribution in [0.25, 0.3) is 11.4 Å². The number of likely N-dealkylation sites (N-methyl/N-ethyl adjacent to an activating group) is 1. The van der Waals surface area contributed by atoms with Crippen LogP contribution >= 0.6 is 12.2 Å². The number of nitrogens with zero attached hydrogens (tertiary/aromatic N) is 3. The maximum atomic E-state index is 12.0. The summed E-state index contributed by atoms with van der Waals surface area (Å²) in [5, 5.41) is 6.14. The van der Waals surface area contributed by atoms with Crippen molar-refractivity contribution in [1.82, 2.24) is 25.0 Å². The Morgan fingerprint density at radius 1 is 1.33 bits per heavy atom. The molecule has 0 fully saturated rings. The summed E-state index contributed by atoms with van der Waals surface area (Å²) in [5.74, 6) is 0.710. The van der Waals surface area contributed by atoms with Gasteiger partial charge < -0.3 is 5.32 Å². The highest BCUT2D eigenvalue weighted by Gasteiger charge is 2.15.